The molecule has 2 aromatic rings. The summed E-state index contributed by atoms with van der Waals surface area (Å²) in [5.74, 6) is -1.69. The lowest BCUT2D eigenvalue weighted by Gasteiger charge is -2.14. The molecule has 0 aliphatic rings. The summed E-state index contributed by atoms with van der Waals surface area (Å²) in [5, 5.41) is 0. The number of thioether (sulfide) groups is 1. The maximum absolute atomic E-state index is 12.9. The molecule has 0 aromatic heterocycles. The van der Waals surface area contributed by atoms with Gasteiger partial charge in [0, 0.05) is 16.7 Å². The molecular weight excluding hydrogens is 532 g/mol. The molecule has 2 aromatic carbocycles. The van der Waals surface area contributed by atoms with Crippen LogP contribution in [0.25, 0.3) is 11.1 Å². The highest BCUT2D eigenvalue weighted by Crippen LogP contribution is 2.34. The van der Waals surface area contributed by atoms with E-state index in [2.05, 4.69) is 19.7 Å². The van der Waals surface area contributed by atoms with E-state index in [9.17, 15) is 19.2 Å². The summed E-state index contributed by atoms with van der Waals surface area (Å²) in [5.41, 5.74) is 3.57. The molecule has 8 nitrogen and oxygen atoms in total. The van der Waals surface area contributed by atoms with Crippen LogP contribution in [0.2, 0.25) is 0 Å². The third-order valence-corrected chi connectivity index (χ3v) is 6.20. The third-order valence-electron chi connectivity index (χ3n) is 5.44. The topological polar surface area (TPSA) is 105 Å². The largest absolute Gasteiger partial charge is 0.462 e. The van der Waals surface area contributed by atoms with Gasteiger partial charge in [-0.25, -0.2) is 19.2 Å². The molecule has 0 amide bonds. The first-order valence-electron chi connectivity index (χ1n) is 12.5. The van der Waals surface area contributed by atoms with Crippen molar-refractivity contribution in [3.8, 4) is 16.9 Å². The van der Waals surface area contributed by atoms with Gasteiger partial charge in [-0.15, -0.1) is 11.8 Å². The zero-order chi connectivity index (χ0) is 29.8. The minimum absolute atomic E-state index is 0.0958. The van der Waals surface area contributed by atoms with E-state index >= 15 is 0 Å². The highest BCUT2D eigenvalue weighted by Gasteiger charge is 2.17. The van der Waals surface area contributed by atoms with Crippen molar-refractivity contribution in [1.29, 1.82) is 0 Å². The second-order valence-electron chi connectivity index (χ2n) is 8.98. The van der Waals surface area contributed by atoms with Crippen LogP contribution in [0, 0.1) is 0 Å². The van der Waals surface area contributed by atoms with Gasteiger partial charge >= 0.3 is 23.9 Å². The van der Waals surface area contributed by atoms with Gasteiger partial charge < -0.3 is 18.9 Å². The lowest BCUT2D eigenvalue weighted by Crippen LogP contribution is -2.15. The van der Waals surface area contributed by atoms with Crippen LogP contribution in [0.1, 0.15) is 43.1 Å². The Morgan fingerprint density at radius 1 is 0.725 bits per heavy atom. The Kier molecular flexibility index (Phi) is 12.4. The van der Waals surface area contributed by atoms with Crippen molar-refractivity contribution in [1.82, 2.24) is 0 Å². The lowest BCUT2D eigenvalue weighted by molar-refractivity contribution is -0.140. The number of rotatable bonds is 14. The zero-order valence-electron chi connectivity index (χ0n) is 23.3. The minimum atomic E-state index is -0.571. The van der Waals surface area contributed by atoms with Gasteiger partial charge in [-0.3, -0.25) is 0 Å². The molecule has 0 fully saturated rings. The Bertz CT molecular complexity index is 1320. The van der Waals surface area contributed by atoms with Crippen molar-refractivity contribution in [3.63, 3.8) is 0 Å². The van der Waals surface area contributed by atoms with Crippen LogP contribution in [0.15, 0.2) is 77.7 Å². The molecule has 2 rings (SSSR count). The highest BCUT2D eigenvalue weighted by molar-refractivity contribution is 7.98. The molecule has 0 N–H and O–H groups in total. The maximum Gasteiger partial charge on any atom is 0.338 e. The summed E-state index contributed by atoms with van der Waals surface area (Å²) in [6.07, 6.45) is 2.77. The predicted molar refractivity (Wildman–Crippen MR) is 154 cm³/mol. The molecule has 0 saturated heterocycles. The molecule has 0 saturated carbocycles. The fourth-order valence-electron chi connectivity index (χ4n) is 3.32. The molecule has 0 unspecified atom stereocenters. The van der Waals surface area contributed by atoms with Crippen molar-refractivity contribution in [3.05, 3.63) is 84.0 Å². The predicted octanol–water partition coefficient (Wildman–Crippen LogP) is 5.89. The van der Waals surface area contributed by atoms with Gasteiger partial charge in [0.05, 0.1) is 17.1 Å². The first kappa shape index (κ1) is 32.1. The molecule has 0 aliphatic heterocycles. The SMILES string of the molecule is C=C(C)C(=O)OCCCc1cc(-c2ccc(OC(=O)C(=C)C)c(SC)c2)ccc1C(=O)OCCOC(=O)C(=C)C. The Balaban J connectivity index is 2.28. The van der Waals surface area contributed by atoms with Crippen molar-refractivity contribution in [2.75, 3.05) is 26.1 Å². The lowest BCUT2D eigenvalue weighted by atomic mass is 9.96. The van der Waals surface area contributed by atoms with Gasteiger partial charge in [-0.2, -0.15) is 0 Å². The molecule has 0 aliphatic carbocycles. The Morgan fingerprint density at radius 3 is 1.88 bits per heavy atom. The van der Waals surface area contributed by atoms with Crippen LogP contribution >= 0.6 is 11.8 Å². The van der Waals surface area contributed by atoms with E-state index in [4.69, 9.17) is 18.9 Å². The van der Waals surface area contributed by atoms with Crippen LogP contribution in [0.5, 0.6) is 5.75 Å². The normalized spacial score (nSPS) is 10.3. The molecule has 0 bridgehead atoms. The molecule has 0 radical (unpaired) electrons. The van der Waals surface area contributed by atoms with Gasteiger partial charge in [0.2, 0.25) is 0 Å². The standard InChI is InChI=1S/C31H34O8S/c1-19(2)28(32)36-14-8-9-24-17-22(10-12-25(24)31(35)38-16-15-37-29(33)20(3)4)23-11-13-26(27(18-23)40-7)39-30(34)21(5)6/h10-13,17-18H,1,3,5,8-9,14-16H2,2,4,6-7H3. The summed E-state index contributed by atoms with van der Waals surface area (Å²) in [6, 6.07) is 10.8. The van der Waals surface area contributed by atoms with Gasteiger partial charge in [0.15, 0.2) is 0 Å². The Hall–Kier alpha value is -4.11. The highest BCUT2D eigenvalue weighted by atomic mass is 32.2. The van der Waals surface area contributed by atoms with Crippen LogP contribution in [-0.2, 0) is 35.0 Å². The molecule has 40 heavy (non-hydrogen) atoms. The molecule has 9 heteroatoms. The second-order valence-corrected chi connectivity index (χ2v) is 9.83. The van der Waals surface area contributed by atoms with E-state index in [1.165, 1.54) is 18.7 Å². The zero-order valence-corrected chi connectivity index (χ0v) is 24.1. The number of aryl methyl sites for hydroxylation is 1. The summed E-state index contributed by atoms with van der Waals surface area (Å²) in [7, 11) is 0. The number of benzene rings is 2. The van der Waals surface area contributed by atoms with Crippen LogP contribution in [0.4, 0.5) is 0 Å². The maximum atomic E-state index is 12.9. The summed E-state index contributed by atoms with van der Waals surface area (Å²) in [4.78, 5) is 48.9. The van der Waals surface area contributed by atoms with E-state index in [0.29, 0.717) is 40.9 Å². The van der Waals surface area contributed by atoms with Crippen molar-refractivity contribution < 1.29 is 38.1 Å². The average molecular weight is 567 g/mol. The molecule has 0 spiro atoms. The molecule has 212 valence electrons. The second kappa shape index (κ2) is 15.5. The average Bonchev–Trinajstić information content (AvgIpc) is 2.92. The van der Waals surface area contributed by atoms with Gasteiger partial charge in [0.25, 0.3) is 0 Å². The van der Waals surface area contributed by atoms with Crippen LogP contribution in [0.3, 0.4) is 0 Å². The fraction of sp³-hybridized carbons (Fsp3) is 0.290. The number of ether oxygens (including phenoxy) is 4. The van der Waals surface area contributed by atoms with E-state index in [1.807, 2.05) is 24.5 Å². The number of hydrogen-bond donors (Lipinski definition) is 0. The first-order valence-corrected chi connectivity index (χ1v) is 13.7. The minimum Gasteiger partial charge on any atom is -0.462 e. The fourth-order valence-corrected chi connectivity index (χ4v) is 3.87. The first-order chi connectivity index (χ1) is 18.9. The summed E-state index contributed by atoms with van der Waals surface area (Å²) >= 11 is 1.43. The molecule has 0 heterocycles. The summed E-state index contributed by atoms with van der Waals surface area (Å²) in [6.45, 7) is 15.3. The van der Waals surface area contributed by atoms with Crippen LogP contribution < -0.4 is 4.74 Å². The number of carbonyl (C=O) groups excluding carboxylic acids is 4. The van der Waals surface area contributed by atoms with Crippen molar-refractivity contribution >= 4 is 35.6 Å². The smallest absolute Gasteiger partial charge is 0.338 e. The van der Waals surface area contributed by atoms with E-state index in [-0.39, 0.29) is 25.4 Å². The Morgan fingerprint density at radius 2 is 1.27 bits per heavy atom. The number of carbonyl (C=O) groups is 4. The molecular formula is C31H34O8S. The summed E-state index contributed by atoms with van der Waals surface area (Å²) < 4.78 is 20.9. The van der Waals surface area contributed by atoms with Crippen molar-refractivity contribution in [2.45, 2.75) is 38.5 Å². The van der Waals surface area contributed by atoms with Gasteiger partial charge in [-0.05, 0) is 74.8 Å². The number of esters is 4. The van der Waals surface area contributed by atoms with Gasteiger partial charge in [-0.1, -0.05) is 37.9 Å². The van der Waals surface area contributed by atoms with E-state index in [1.54, 1.807) is 32.0 Å². The molecule has 0 atom stereocenters. The number of hydrogen-bond acceptors (Lipinski definition) is 9. The third kappa shape index (κ3) is 9.57. The quantitative estimate of drug-likeness (QED) is 0.0692. The van der Waals surface area contributed by atoms with Crippen LogP contribution in [-0.4, -0.2) is 50.0 Å². The van der Waals surface area contributed by atoms with E-state index in [0.717, 1.165) is 16.0 Å². The van der Waals surface area contributed by atoms with Gasteiger partial charge in [0.1, 0.15) is 19.0 Å². The van der Waals surface area contributed by atoms with E-state index < -0.39 is 23.9 Å². The monoisotopic (exact) mass is 566 g/mol. The Labute approximate surface area is 239 Å². The van der Waals surface area contributed by atoms with Crippen molar-refractivity contribution in [2.24, 2.45) is 0 Å².